The van der Waals surface area contributed by atoms with Gasteiger partial charge in [-0.15, -0.1) is 0 Å². The maximum Gasteiger partial charge on any atom is -0.0352 e. The maximum atomic E-state index is 2.40. The van der Waals surface area contributed by atoms with E-state index in [1.54, 1.807) is 0 Å². The highest BCUT2D eigenvalue weighted by Crippen LogP contribution is 2.34. The van der Waals surface area contributed by atoms with Gasteiger partial charge in [0.15, 0.2) is 0 Å². The molecule has 1 saturated carbocycles. The van der Waals surface area contributed by atoms with Crippen LogP contribution in [-0.4, -0.2) is 0 Å². The smallest absolute Gasteiger partial charge is 0.0352 e. The molecule has 0 heteroatoms. The highest BCUT2D eigenvalue weighted by atomic mass is 14.3. The van der Waals surface area contributed by atoms with Crippen LogP contribution in [0, 0.1) is 18.3 Å². The van der Waals surface area contributed by atoms with E-state index in [4.69, 9.17) is 0 Å². The molecule has 1 fully saturated rings. The molecular formula is C7H13. The molecule has 0 aromatic carbocycles. The normalized spacial score (nSPS) is 40.3. The third-order valence-electron chi connectivity index (χ3n) is 2.08. The van der Waals surface area contributed by atoms with Gasteiger partial charge in [0.2, 0.25) is 0 Å². The van der Waals surface area contributed by atoms with Gasteiger partial charge in [-0.1, -0.05) is 20.3 Å². The van der Waals surface area contributed by atoms with Crippen molar-refractivity contribution in [3.8, 4) is 0 Å². The van der Waals surface area contributed by atoms with Crippen LogP contribution in [0.2, 0.25) is 0 Å². The molecule has 0 aromatic rings. The maximum absolute atomic E-state index is 2.40. The summed E-state index contributed by atoms with van der Waals surface area (Å²) >= 11 is 0. The van der Waals surface area contributed by atoms with Gasteiger partial charge in [-0.3, -0.25) is 0 Å². The van der Waals surface area contributed by atoms with E-state index in [9.17, 15) is 0 Å². The zero-order valence-corrected chi connectivity index (χ0v) is 5.15. The summed E-state index contributed by atoms with van der Waals surface area (Å²) in [5.74, 6) is 1.95. The van der Waals surface area contributed by atoms with Crippen LogP contribution in [-0.2, 0) is 0 Å². The molecule has 0 amide bonds. The van der Waals surface area contributed by atoms with Crippen molar-refractivity contribution in [2.75, 3.05) is 0 Å². The van der Waals surface area contributed by atoms with Gasteiger partial charge in [0, 0.05) is 0 Å². The van der Waals surface area contributed by atoms with Gasteiger partial charge in [-0.05, 0) is 24.7 Å². The van der Waals surface area contributed by atoms with Crippen LogP contribution >= 0.6 is 0 Å². The van der Waals surface area contributed by atoms with Gasteiger partial charge in [0.25, 0.3) is 0 Å². The molecule has 41 valence electrons. The largest absolute Gasteiger partial charge is 0.0651 e. The lowest BCUT2D eigenvalue weighted by molar-refractivity contribution is 0.279. The van der Waals surface area contributed by atoms with Crippen molar-refractivity contribution in [1.29, 1.82) is 0 Å². The standard InChI is InChI=1S/C7H13/c1-3-7-5-4-6(7)2/h4,6-7H,3,5H2,1-2H3. The van der Waals surface area contributed by atoms with Crippen LogP contribution in [0.4, 0.5) is 0 Å². The monoisotopic (exact) mass is 97.1 g/mol. The molecule has 1 radical (unpaired) electrons. The van der Waals surface area contributed by atoms with E-state index in [1.807, 2.05) is 0 Å². The molecule has 0 N–H and O–H groups in total. The Morgan fingerprint density at radius 3 is 2.43 bits per heavy atom. The summed E-state index contributed by atoms with van der Waals surface area (Å²) in [4.78, 5) is 0. The molecule has 1 aliphatic carbocycles. The summed E-state index contributed by atoms with van der Waals surface area (Å²) in [6.07, 6.45) is 5.14. The molecule has 0 aliphatic heterocycles. The molecule has 0 aromatic heterocycles. The fourth-order valence-corrected chi connectivity index (χ4v) is 1.14. The van der Waals surface area contributed by atoms with Gasteiger partial charge in [-0.25, -0.2) is 0 Å². The predicted molar refractivity (Wildman–Crippen MR) is 31.9 cm³/mol. The second kappa shape index (κ2) is 1.85. The van der Waals surface area contributed by atoms with Crippen molar-refractivity contribution in [3.05, 3.63) is 6.42 Å². The van der Waals surface area contributed by atoms with E-state index >= 15 is 0 Å². The third kappa shape index (κ3) is 0.793. The first kappa shape index (κ1) is 5.14. The lowest BCUT2D eigenvalue weighted by Gasteiger charge is -2.32. The van der Waals surface area contributed by atoms with Crippen LogP contribution < -0.4 is 0 Å². The molecule has 0 heterocycles. The van der Waals surface area contributed by atoms with E-state index in [-0.39, 0.29) is 0 Å². The van der Waals surface area contributed by atoms with Crippen molar-refractivity contribution in [1.82, 2.24) is 0 Å². The minimum Gasteiger partial charge on any atom is -0.0651 e. The van der Waals surface area contributed by atoms with Crippen molar-refractivity contribution >= 4 is 0 Å². The summed E-state index contributed by atoms with van der Waals surface area (Å²) in [6, 6.07) is 0. The van der Waals surface area contributed by atoms with Crippen LogP contribution in [0.25, 0.3) is 0 Å². The fourth-order valence-electron chi connectivity index (χ4n) is 1.14. The van der Waals surface area contributed by atoms with Crippen LogP contribution in [0.3, 0.4) is 0 Å². The Kier molecular flexibility index (Phi) is 1.36. The summed E-state index contributed by atoms with van der Waals surface area (Å²) in [6.45, 7) is 4.58. The first-order chi connectivity index (χ1) is 3.34. The Labute approximate surface area is 45.9 Å². The highest BCUT2D eigenvalue weighted by Gasteiger charge is 2.24. The summed E-state index contributed by atoms with van der Waals surface area (Å²) in [5.41, 5.74) is 0. The average Bonchev–Trinajstić information content (AvgIpc) is 1.65. The minimum atomic E-state index is 0.921. The van der Waals surface area contributed by atoms with Crippen LogP contribution in [0.1, 0.15) is 26.7 Å². The van der Waals surface area contributed by atoms with Crippen molar-refractivity contribution in [2.45, 2.75) is 26.7 Å². The molecule has 2 unspecified atom stereocenters. The van der Waals surface area contributed by atoms with Crippen molar-refractivity contribution < 1.29 is 0 Å². The van der Waals surface area contributed by atoms with E-state index in [0.29, 0.717) is 0 Å². The molecule has 0 saturated heterocycles. The quantitative estimate of drug-likeness (QED) is 0.470. The SMILES string of the molecule is CCC1C[CH]C1C. The number of hydrogen-bond donors (Lipinski definition) is 0. The minimum absolute atomic E-state index is 0.921. The molecule has 1 rings (SSSR count). The number of rotatable bonds is 1. The van der Waals surface area contributed by atoms with E-state index in [1.165, 1.54) is 12.8 Å². The van der Waals surface area contributed by atoms with E-state index in [0.717, 1.165) is 11.8 Å². The summed E-state index contributed by atoms with van der Waals surface area (Å²) < 4.78 is 0. The molecule has 0 bridgehead atoms. The van der Waals surface area contributed by atoms with Crippen LogP contribution in [0.5, 0.6) is 0 Å². The Hall–Kier alpha value is 0. The molecular weight excluding hydrogens is 84.1 g/mol. The molecule has 2 atom stereocenters. The Balaban J connectivity index is 2.16. The first-order valence-corrected chi connectivity index (χ1v) is 3.18. The van der Waals surface area contributed by atoms with E-state index < -0.39 is 0 Å². The third-order valence-corrected chi connectivity index (χ3v) is 2.08. The van der Waals surface area contributed by atoms with Gasteiger partial charge < -0.3 is 0 Å². The van der Waals surface area contributed by atoms with Gasteiger partial charge in [0.1, 0.15) is 0 Å². The summed E-state index contributed by atoms with van der Waals surface area (Å²) in [5, 5.41) is 0. The van der Waals surface area contributed by atoms with Gasteiger partial charge in [0.05, 0.1) is 0 Å². The van der Waals surface area contributed by atoms with Gasteiger partial charge >= 0.3 is 0 Å². The zero-order chi connectivity index (χ0) is 5.28. The van der Waals surface area contributed by atoms with Crippen molar-refractivity contribution in [3.63, 3.8) is 0 Å². The first-order valence-electron chi connectivity index (χ1n) is 3.18. The Bertz CT molecular complexity index is 55.1. The second-order valence-electron chi connectivity index (χ2n) is 2.50. The number of hydrogen-bond acceptors (Lipinski definition) is 0. The highest BCUT2D eigenvalue weighted by molar-refractivity contribution is 4.91. The van der Waals surface area contributed by atoms with E-state index in [2.05, 4.69) is 20.3 Å². The Morgan fingerprint density at radius 2 is 2.43 bits per heavy atom. The molecule has 0 spiro atoms. The topological polar surface area (TPSA) is 0 Å². The fraction of sp³-hybridized carbons (Fsp3) is 0.857. The van der Waals surface area contributed by atoms with Crippen molar-refractivity contribution in [2.24, 2.45) is 11.8 Å². The molecule has 1 aliphatic rings. The average molecular weight is 97.2 g/mol. The summed E-state index contributed by atoms with van der Waals surface area (Å²) in [7, 11) is 0. The Morgan fingerprint density at radius 1 is 1.71 bits per heavy atom. The molecule has 7 heavy (non-hydrogen) atoms. The lowest BCUT2D eigenvalue weighted by atomic mass is 9.74. The molecule has 0 nitrogen and oxygen atoms in total. The zero-order valence-electron chi connectivity index (χ0n) is 5.15. The predicted octanol–water partition coefficient (Wildman–Crippen LogP) is 2.26. The second-order valence-corrected chi connectivity index (χ2v) is 2.50. The van der Waals surface area contributed by atoms with Crippen LogP contribution in [0.15, 0.2) is 0 Å². The lowest BCUT2D eigenvalue weighted by Crippen LogP contribution is -2.22. The van der Waals surface area contributed by atoms with Gasteiger partial charge in [-0.2, -0.15) is 0 Å².